The zero-order valence-corrected chi connectivity index (χ0v) is 10.1. The second-order valence-electron chi connectivity index (χ2n) is 4.42. The number of hydrogen-bond donors (Lipinski definition) is 0. The zero-order chi connectivity index (χ0) is 13.3. The number of hydrogen-bond acceptors (Lipinski definition) is 4. The first-order valence-corrected chi connectivity index (χ1v) is 5.58. The van der Waals surface area contributed by atoms with Crippen molar-refractivity contribution < 1.29 is 14.5 Å². The first kappa shape index (κ1) is 12.4. The van der Waals surface area contributed by atoms with E-state index in [4.69, 9.17) is 4.74 Å². The fourth-order valence-electron chi connectivity index (χ4n) is 1.67. The molecule has 0 radical (unpaired) electrons. The standard InChI is InChI=1S/C13H13NO4/c1-9-13(2,18-9)12(15)7-6-10-4-3-5-11(8-10)14(16)17/h3-9H,1-2H3. The van der Waals surface area contributed by atoms with Crippen LogP contribution in [0.4, 0.5) is 5.69 Å². The lowest BCUT2D eigenvalue weighted by Crippen LogP contribution is -2.20. The average Bonchev–Trinajstić information content (AvgIpc) is 2.96. The Morgan fingerprint density at radius 2 is 2.22 bits per heavy atom. The first-order valence-electron chi connectivity index (χ1n) is 5.58. The molecule has 1 aliphatic heterocycles. The van der Waals surface area contributed by atoms with E-state index in [1.807, 2.05) is 6.92 Å². The van der Waals surface area contributed by atoms with E-state index < -0.39 is 10.5 Å². The van der Waals surface area contributed by atoms with Gasteiger partial charge in [0.25, 0.3) is 5.69 Å². The van der Waals surface area contributed by atoms with Gasteiger partial charge in [0.1, 0.15) is 0 Å². The van der Waals surface area contributed by atoms with Crippen LogP contribution in [0.5, 0.6) is 0 Å². The molecule has 0 amide bonds. The van der Waals surface area contributed by atoms with Gasteiger partial charge in [-0.25, -0.2) is 0 Å². The second-order valence-corrected chi connectivity index (χ2v) is 4.42. The minimum absolute atomic E-state index is 0.00634. The molecule has 0 spiro atoms. The summed E-state index contributed by atoms with van der Waals surface area (Å²) in [5.41, 5.74) is -0.0988. The van der Waals surface area contributed by atoms with Crippen molar-refractivity contribution in [3.63, 3.8) is 0 Å². The molecule has 1 aromatic rings. The Kier molecular flexibility index (Phi) is 3.00. The minimum atomic E-state index is -0.725. The maximum atomic E-state index is 11.8. The Hall–Kier alpha value is -2.01. The van der Waals surface area contributed by atoms with Gasteiger partial charge in [0.05, 0.1) is 11.0 Å². The molecule has 18 heavy (non-hydrogen) atoms. The van der Waals surface area contributed by atoms with E-state index in [2.05, 4.69) is 0 Å². The lowest BCUT2D eigenvalue weighted by atomic mass is 10.0. The van der Waals surface area contributed by atoms with E-state index in [1.165, 1.54) is 18.2 Å². The number of rotatable bonds is 4. The maximum Gasteiger partial charge on any atom is 0.270 e. The SMILES string of the molecule is CC1OC1(C)C(=O)C=Cc1cccc([N+](=O)[O-])c1. The highest BCUT2D eigenvalue weighted by molar-refractivity contribution is 6.02. The van der Waals surface area contributed by atoms with Crippen LogP contribution in [0.3, 0.4) is 0 Å². The van der Waals surface area contributed by atoms with Gasteiger partial charge in [-0.05, 0) is 25.5 Å². The predicted molar refractivity (Wildman–Crippen MR) is 66.1 cm³/mol. The largest absolute Gasteiger partial charge is 0.358 e. The van der Waals surface area contributed by atoms with Crippen LogP contribution in [0.15, 0.2) is 30.3 Å². The van der Waals surface area contributed by atoms with Gasteiger partial charge in [0.15, 0.2) is 11.4 Å². The van der Waals surface area contributed by atoms with Crippen LogP contribution in [-0.2, 0) is 9.53 Å². The molecule has 0 N–H and O–H groups in total. The van der Waals surface area contributed by atoms with E-state index in [9.17, 15) is 14.9 Å². The third-order valence-electron chi connectivity index (χ3n) is 3.14. The van der Waals surface area contributed by atoms with Crippen molar-refractivity contribution in [3.8, 4) is 0 Å². The van der Waals surface area contributed by atoms with Crippen molar-refractivity contribution in [2.45, 2.75) is 25.6 Å². The van der Waals surface area contributed by atoms with Crippen LogP contribution in [0.2, 0.25) is 0 Å². The van der Waals surface area contributed by atoms with Crippen LogP contribution in [0.1, 0.15) is 19.4 Å². The summed E-state index contributed by atoms with van der Waals surface area (Å²) in [7, 11) is 0. The van der Waals surface area contributed by atoms with Crippen LogP contribution >= 0.6 is 0 Å². The predicted octanol–water partition coefficient (Wildman–Crippen LogP) is 2.35. The molecular weight excluding hydrogens is 234 g/mol. The van der Waals surface area contributed by atoms with Gasteiger partial charge in [-0.1, -0.05) is 18.2 Å². The Labute approximate surface area is 104 Å². The Morgan fingerprint density at radius 1 is 1.56 bits per heavy atom. The molecule has 1 aromatic carbocycles. The lowest BCUT2D eigenvalue weighted by Gasteiger charge is -1.99. The van der Waals surface area contributed by atoms with Gasteiger partial charge >= 0.3 is 0 Å². The molecule has 5 heteroatoms. The van der Waals surface area contributed by atoms with Gasteiger partial charge in [0, 0.05) is 12.1 Å². The highest BCUT2D eigenvalue weighted by Crippen LogP contribution is 2.36. The molecule has 0 saturated carbocycles. The van der Waals surface area contributed by atoms with E-state index >= 15 is 0 Å². The lowest BCUT2D eigenvalue weighted by molar-refractivity contribution is -0.384. The molecule has 1 fully saturated rings. The fourth-order valence-corrected chi connectivity index (χ4v) is 1.67. The van der Waals surface area contributed by atoms with Crippen molar-refractivity contribution in [3.05, 3.63) is 46.0 Å². The number of nitro groups is 1. The molecule has 1 aliphatic rings. The summed E-state index contributed by atoms with van der Waals surface area (Å²) in [6.07, 6.45) is 2.90. The van der Waals surface area contributed by atoms with Crippen molar-refractivity contribution in [1.82, 2.24) is 0 Å². The highest BCUT2D eigenvalue weighted by Gasteiger charge is 2.54. The summed E-state index contributed by atoms with van der Waals surface area (Å²) < 4.78 is 5.21. The van der Waals surface area contributed by atoms with Crippen LogP contribution in [0.25, 0.3) is 6.08 Å². The number of ketones is 1. The smallest absolute Gasteiger partial charge is 0.270 e. The zero-order valence-electron chi connectivity index (χ0n) is 10.1. The summed E-state index contributed by atoms with van der Waals surface area (Å²) in [4.78, 5) is 21.9. The number of carbonyl (C=O) groups is 1. The number of epoxide rings is 1. The molecule has 0 bridgehead atoms. The molecule has 1 saturated heterocycles. The van der Waals surface area contributed by atoms with Crippen molar-refractivity contribution >= 4 is 17.5 Å². The molecular formula is C13H13NO4. The monoisotopic (exact) mass is 247 g/mol. The van der Waals surface area contributed by atoms with Crippen LogP contribution < -0.4 is 0 Å². The van der Waals surface area contributed by atoms with E-state index in [0.717, 1.165) is 0 Å². The van der Waals surface area contributed by atoms with Crippen LogP contribution in [0, 0.1) is 10.1 Å². The maximum absolute atomic E-state index is 11.8. The molecule has 0 aliphatic carbocycles. The number of non-ortho nitro benzene ring substituents is 1. The molecule has 1 heterocycles. The van der Waals surface area contributed by atoms with Gasteiger partial charge in [-0.3, -0.25) is 14.9 Å². The number of benzene rings is 1. The van der Waals surface area contributed by atoms with E-state index in [0.29, 0.717) is 5.56 Å². The van der Waals surface area contributed by atoms with Gasteiger partial charge in [0.2, 0.25) is 0 Å². The van der Waals surface area contributed by atoms with Gasteiger partial charge in [-0.2, -0.15) is 0 Å². The summed E-state index contributed by atoms with van der Waals surface area (Å²) in [6.45, 7) is 3.57. The third-order valence-corrected chi connectivity index (χ3v) is 3.14. The third kappa shape index (κ3) is 2.31. The van der Waals surface area contributed by atoms with Crippen molar-refractivity contribution in [1.29, 1.82) is 0 Å². The fraction of sp³-hybridized carbons (Fsp3) is 0.308. The molecule has 2 rings (SSSR count). The summed E-state index contributed by atoms with van der Waals surface area (Å²) in [5.74, 6) is -0.124. The normalized spacial score (nSPS) is 26.2. The van der Waals surface area contributed by atoms with E-state index in [1.54, 1.807) is 25.1 Å². The Bertz CT molecular complexity index is 538. The number of nitro benzene ring substituents is 1. The van der Waals surface area contributed by atoms with Gasteiger partial charge in [-0.15, -0.1) is 0 Å². The Balaban J connectivity index is 2.12. The first-order chi connectivity index (χ1) is 8.43. The van der Waals surface area contributed by atoms with Gasteiger partial charge < -0.3 is 4.74 Å². The van der Waals surface area contributed by atoms with Crippen molar-refractivity contribution in [2.24, 2.45) is 0 Å². The summed E-state index contributed by atoms with van der Waals surface area (Å²) in [5, 5.41) is 10.6. The molecule has 2 atom stereocenters. The second kappa shape index (κ2) is 4.34. The topological polar surface area (TPSA) is 72.7 Å². The highest BCUT2D eigenvalue weighted by atomic mass is 16.6. The quantitative estimate of drug-likeness (QED) is 0.354. The van der Waals surface area contributed by atoms with Crippen LogP contribution in [-0.4, -0.2) is 22.4 Å². The average molecular weight is 247 g/mol. The number of ether oxygens (including phenoxy) is 1. The molecule has 2 unspecified atom stereocenters. The minimum Gasteiger partial charge on any atom is -0.358 e. The molecule has 0 aromatic heterocycles. The Morgan fingerprint density at radius 3 is 2.78 bits per heavy atom. The van der Waals surface area contributed by atoms with E-state index in [-0.39, 0.29) is 17.6 Å². The molecule has 5 nitrogen and oxygen atoms in total. The van der Waals surface area contributed by atoms with Crippen molar-refractivity contribution in [2.75, 3.05) is 0 Å². The number of nitrogens with zero attached hydrogens (tertiary/aromatic N) is 1. The number of carbonyl (C=O) groups excluding carboxylic acids is 1. The summed E-state index contributed by atoms with van der Waals surface area (Å²) >= 11 is 0. The molecule has 94 valence electrons. The summed E-state index contributed by atoms with van der Waals surface area (Å²) in [6, 6.07) is 6.12.